The third kappa shape index (κ3) is 4.17. The number of pyridine rings is 1. The quantitative estimate of drug-likeness (QED) is 0.430. The number of ether oxygens (including phenoxy) is 2. The number of nitrogens with zero attached hydrogens (tertiary/aromatic N) is 2. The van der Waals surface area contributed by atoms with Gasteiger partial charge >= 0.3 is 0 Å². The van der Waals surface area contributed by atoms with E-state index in [-0.39, 0.29) is 11.8 Å². The van der Waals surface area contributed by atoms with Gasteiger partial charge in [0.2, 0.25) is 5.91 Å². The monoisotopic (exact) mass is 467 g/mol. The minimum Gasteiger partial charge on any atom is -0.493 e. The van der Waals surface area contributed by atoms with Crippen molar-refractivity contribution < 1.29 is 19.1 Å². The molecule has 1 aromatic heterocycles. The number of benzene rings is 3. The molecule has 1 aliphatic rings. The van der Waals surface area contributed by atoms with Crippen molar-refractivity contribution in [1.82, 2.24) is 9.88 Å². The van der Waals surface area contributed by atoms with Gasteiger partial charge in [-0.15, -0.1) is 0 Å². The zero-order valence-corrected chi connectivity index (χ0v) is 19.8. The van der Waals surface area contributed by atoms with Crippen molar-refractivity contribution in [3.8, 4) is 22.6 Å². The fraction of sp³-hybridized carbons (Fsp3) is 0.179. The first kappa shape index (κ1) is 22.4. The van der Waals surface area contributed by atoms with E-state index in [4.69, 9.17) is 14.5 Å². The molecule has 4 aromatic rings. The van der Waals surface area contributed by atoms with Gasteiger partial charge in [-0.25, -0.2) is 4.98 Å². The van der Waals surface area contributed by atoms with E-state index < -0.39 is 0 Å². The number of aromatic nitrogens is 1. The second-order valence-electron chi connectivity index (χ2n) is 8.44. The fourth-order valence-electron chi connectivity index (χ4n) is 4.59. The molecule has 7 heteroatoms. The van der Waals surface area contributed by atoms with Gasteiger partial charge in [0, 0.05) is 36.7 Å². The highest BCUT2D eigenvalue weighted by Gasteiger charge is 2.33. The van der Waals surface area contributed by atoms with Crippen LogP contribution in [0.25, 0.3) is 22.0 Å². The van der Waals surface area contributed by atoms with Crippen LogP contribution in [0.5, 0.6) is 11.5 Å². The number of anilines is 1. The molecule has 0 radical (unpaired) electrons. The summed E-state index contributed by atoms with van der Waals surface area (Å²) in [6.07, 6.45) is 0. The zero-order valence-electron chi connectivity index (χ0n) is 19.8. The molecule has 3 aromatic carbocycles. The van der Waals surface area contributed by atoms with Crippen molar-refractivity contribution in [2.75, 3.05) is 19.5 Å². The summed E-state index contributed by atoms with van der Waals surface area (Å²) in [5, 5.41) is 3.74. The lowest BCUT2D eigenvalue weighted by atomic mass is 9.95. The topological polar surface area (TPSA) is 80.8 Å². The average molecular weight is 468 g/mol. The smallest absolute Gasteiger partial charge is 0.273 e. The largest absolute Gasteiger partial charge is 0.493 e. The highest BCUT2D eigenvalue weighted by Crippen LogP contribution is 2.39. The maximum Gasteiger partial charge on any atom is 0.273 e. The van der Waals surface area contributed by atoms with Crippen LogP contribution in [0.2, 0.25) is 0 Å². The summed E-state index contributed by atoms with van der Waals surface area (Å²) >= 11 is 0. The second-order valence-corrected chi connectivity index (χ2v) is 8.44. The Morgan fingerprint density at radius 1 is 1.00 bits per heavy atom. The van der Waals surface area contributed by atoms with Crippen molar-refractivity contribution >= 4 is 28.4 Å². The van der Waals surface area contributed by atoms with Gasteiger partial charge in [-0.3, -0.25) is 9.59 Å². The van der Waals surface area contributed by atoms with Gasteiger partial charge < -0.3 is 19.7 Å². The number of amides is 2. The molecule has 35 heavy (non-hydrogen) atoms. The molecule has 0 fully saturated rings. The number of nitrogens with one attached hydrogen (secondary N) is 1. The van der Waals surface area contributed by atoms with Crippen molar-refractivity contribution in [3.63, 3.8) is 0 Å². The maximum absolute atomic E-state index is 13.5. The van der Waals surface area contributed by atoms with Crippen LogP contribution in [-0.2, 0) is 17.9 Å². The third-order valence-electron chi connectivity index (χ3n) is 6.13. The van der Waals surface area contributed by atoms with Crippen molar-refractivity contribution in [1.29, 1.82) is 0 Å². The molecular weight excluding hydrogens is 442 g/mol. The molecule has 176 valence electrons. The van der Waals surface area contributed by atoms with E-state index in [0.29, 0.717) is 41.5 Å². The summed E-state index contributed by atoms with van der Waals surface area (Å²) in [4.78, 5) is 31.6. The summed E-state index contributed by atoms with van der Waals surface area (Å²) in [6.45, 7) is 2.32. The molecule has 0 saturated carbocycles. The third-order valence-corrected chi connectivity index (χ3v) is 6.13. The summed E-state index contributed by atoms with van der Waals surface area (Å²) in [6, 6.07) is 21.2. The van der Waals surface area contributed by atoms with Crippen LogP contribution in [0.4, 0.5) is 5.69 Å². The maximum atomic E-state index is 13.5. The molecule has 1 aliphatic heterocycles. The van der Waals surface area contributed by atoms with E-state index in [9.17, 15) is 9.59 Å². The molecule has 0 unspecified atom stereocenters. The van der Waals surface area contributed by atoms with Crippen LogP contribution in [0.15, 0.2) is 66.7 Å². The Morgan fingerprint density at radius 3 is 2.49 bits per heavy atom. The molecule has 0 aliphatic carbocycles. The number of fused-ring (bicyclic) bond motifs is 2. The molecule has 5 rings (SSSR count). The predicted molar refractivity (Wildman–Crippen MR) is 135 cm³/mol. The SMILES string of the molecule is COc1ccc(CN2Cc3c(nc4ccc(NC(C)=O)cc4c3-c3ccccc3)C2=O)cc1OC. The van der Waals surface area contributed by atoms with Crippen molar-refractivity contribution in [2.24, 2.45) is 0 Å². The summed E-state index contributed by atoms with van der Waals surface area (Å²) < 4.78 is 10.8. The Bertz CT molecular complexity index is 1450. The Hall–Kier alpha value is -4.39. The van der Waals surface area contributed by atoms with E-state index in [1.807, 2.05) is 60.7 Å². The first-order chi connectivity index (χ1) is 17.0. The fourth-order valence-corrected chi connectivity index (χ4v) is 4.59. The van der Waals surface area contributed by atoms with Gasteiger partial charge in [0.05, 0.1) is 19.7 Å². The Labute approximate surface area is 203 Å². The number of carbonyl (C=O) groups is 2. The van der Waals surface area contributed by atoms with Crippen LogP contribution < -0.4 is 14.8 Å². The van der Waals surface area contributed by atoms with Crippen LogP contribution in [0.1, 0.15) is 28.5 Å². The number of rotatable bonds is 6. The first-order valence-corrected chi connectivity index (χ1v) is 11.3. The van der Waals surface area contributed by atoms with Crippen LogP contribution in [0, 0.1) is 0 Å². The zero-order chi connectivity index (χ0) is 24.5. The van der Waals surface area contributed by atoms with E-state index in [1.165, 1.54) is 6.92 Å². The normalized spacial score (nSPS) is 12.5. The van der Waals surface area contributed by atoms with E-state index in [0.717, 1.165) is 27.6 Å². The molecule has 0 bridgehead atoms. The average Bonchev–Trinajstić information content (AvgIpc) is 3.17. The first-order valence-electron chi connectivity index (χ1n) is 11.3. The predicted octanol–water partition coefficient (Wildman–Crippen LogP) is 5.03. The summed E-state index contributed by atoms with van der Waals surface area (Å²) in [5.74, 6) is 1.01. The van der Waals surface area contributed by atoms with Gasteiger partial charge in [-0.2, -0.15) is 0 Å². The number of carbonyl (C=O) groups excluding carboxylic acids is 2. The molecular formula is C28H25N3O4. The number of methoxy groups -OCH3 is 2. The van der Waals surface area contributed by atoms with E-state index >= 15 is 0 Å². The van der Waals surface area contributed by atoms with Gasteiger partial charge in [-0.05, 0) is 47.0 Å². The Balaban J connectivity index is 1.60. The van der Waals surface area contributed by atoms with E-state index in [2.05, 4.69) is 5.32 Å². The minimum atomic E-state index is -0.143. The molecule has 0 spiro atoms. The van der Waals surface area contributed by atoms with Gasteiger partial charge in [0.25, 0.3) is 5.91 Å². The Morgan fingerprint density at radius 2 is 1.77 bits per heavy atom. The molecule has 0 atom stereocenters. The van der Waals surface area contributed by atoms with E-state index in [1.54, 1.807) is 25.2 Å². The standard InChI is InChI=1S/C28H25N3O4/c1-17(32)29-20-10-11-23-21(14-20)26(19-7-5-4-6-8-19)22-16-31(28(33)27(22)30-23)15-18-9-12-24(34-2)25(13-18)35-3/h4-14H,15-16H2,1-3H3,(H,29,32). The van der Waals surface area contributed by atoms with Gasteiger partial charge in [-0.1, -0.05) is 36.4 Å². The highest BCUT2D eigenvalue weighted by molar-refractivity contribution is 6.07. The minimum absolute atomic E-state index is 0.111. The van der Waals surface area contributed by atoms with Gasteiger partial charge in [0.15, 0.2) is 11.5 Å². The number of hydrogen-bond donors (Lipinski definition) is 1. The van der Waals surface area contributed by atoms with Crippen LogP contribution in [-0.4, -0.2) is 35.9 Å². The van der Waals surface area contributed by atoms with Crippen LogP contribution in [0.3, 0.4) is 0 Å². The highest BCUT2D eigenvalue weighted by atomic mass is 16.5. The Kier molecular flexibility index (Phi) is 5.82. The lowest BCUT2D eigenvalue weighted by molar-refractivity contribution is -0.114. The lowest BCUT2D eigenvalue weighted by Crippen LogP contribution is -2.23. The van der Waals surface area contributed by atoms with Crippen molar-refractivity contribution in [2.45, 2.75) is 20.0 Å². The van der Waals surface area contributed by atoms with Crippen molar-refractivity contribution in [3.05, 3.63) is 83.6 Å². The summed E-state index contributed by atoms with van der Waals surface area (Å²) in [7, 11) is 3.19. The molecule has 0 saturated heterocycles. The molecule has 2 amide bonds. The summed E-state index contributed by atoms with van der Waals surface area (Å²) in [5.41, 5.74) is 5.63. The lowest BCUT2D eigenvalue weighted by Gasteiger charge is -2.17. The molecule has 1 N–H and O–H groups in total. The van der Waals surface area contributed by atoms with Gasteiger partial charge in [0.1, 0.15) is 5.69 Å². The second kappa shape index (κ2) is 9.10. The molecule has 7 nitrogen and oxygen atoms in total. The van der Waals surface area contributed by atoms with Crippen LogP contribution >= 0.6 is 0 Å². The molecule has 2 heterocycles. The number of hydrogen-bond acceptors (Lipinski definition) is 5.